The van der Waals surface area contributed by atoms with Crippen LogP contribution in [0.1, 0.15) is 17.2 Å². The van der Waals surface area contributed by atoms with E-state index < -0.39 is 12.1 Å². The molecule has 0 aliphatic carbocycles. The lowest BCUT2D eigenvalue weighted by atomic mass is 10.1. The second kappa shape index (κ2) is 8.19. The zero-order valence-corrected chi connectivity index (χ0v) is 13.3. The van der Waals surface area contributed by atoms with Gasteiger partial charge in [-0.1, -0.05) is 36.4 Å². The summed E-state index contributed by atoms with van der Waals surface area (Å²) in [6, 6.07) is 14.8. The van der Waals surface area contributed by atoms with Crippen LogP contribution in [-0.4, -0.2) is 26.7 Å². The van der Waals surface area contributed by atoms with Gasteiger partial charge < -0.3 is 19.9 Å². The summed E-state index contributed by atoms with van der Waals surface area (Å²) in [6.45, 7) is 0.533. The van der Waals surface area contributed by atoms with E-state index in [1.807, 2.05) is 42.5 Å². The van der Waals surface area contributed by atoms with Crippen LogP contribution in [0.2, 0.25) is 0 Å². The van der Waals surface area contributed by atoms with Gasteiger partial charge in [-0.15, -0.1) is 0 Å². The molecular weight excluding hydrogens is 294 g/mol. The van der Waals surface area contributed by atoms with E-state index in [0.29, 0.717) is 30.0 Å². The van der Waals surface area contributed by atoms with Crippen LogP contribution < -0.4 is 15.2 Å². The van der Waals surface area contributed by atoms with Crippen molar-refractivity contribution in [3.63, 3.8) is 0 Å². The van der Waals surface area contributed by atoms with Crippen LogP contribution in [-0.2, 0) is 16.0 Å². The molecule has 23 heavy (non-hydrogen) atoms. The molecule has 5 nitrogen and oxygen atoms in total. The van der Waals surface area contributed by atoms with E-state index in [2.05, 4.69) is 0 Å². The second-order valence-electron chi connectivity index (χ2n) is 4.96. The van der Waals surface area contributed by atoms with E-state index in [1.54, 1.807) is 13.2 Å². The molecule has 2 aromatic rings. The van der Waals surface area contributed by atoms with Crippen molar-refractivity contribution >= 4 is 5.97 Å². The van der Waals surface area contributed by atoms with Crippen molar-refractivity contribution in [2.24, 2.45) is 5.73 Å². The number of ether oxygens (including phenoxy) is 3. The van der Waals surface area contributed by atoms with Gasteiger partial charge in [-0.05, 0) is 30.7 Å². The third kappa shape index (κ3) is 4.23. The summed E-state index contributed by atoms with van der Waals surface area (Å²) in [6.07, 6.45) is -0.141. The van der Waals surface area contributed by atoms with E-state index in [4.69, 9.17) is 19.9 Å². The Morgan fingerprint density at radius 3 is 2.43 bits per heavy atom. The number of carbonyl (C=O) groups is 1. The topological polar surface area (TPSA) is 70.8 Å². The third-order valence-corrected chi connectivity index (χ3v) is 3.42. The SMILES string of the molecule is COC(=O)C(Oc1cc(CCN)ccc1OC)c1ccccc1. The maximum atomic E-state index is 12.1. The zero-order valence-electron chi connectivity index (χ0n) is 13.3. The van der Waals surface area contributed by atoms with Gasteiger partial charge in [0.25, 0.3) is 0 Å². The van der Waals surface area contributed by atoms with Gasteiger partial charge in [-0.2, -0.15) is 0 Å². The molecule has 1 unspecified atom stereocenters. The number of carbonyl (C=O) groups excluding carboxylic acids is 1. The molecule has 2 N–H and O–H groups in total. The van der Waals surface area contributed by atoms with Crippen molar-refractivity contribution in [3.8, 4) is 11.5 Å². The Kier molecular flexibility index (Phi) is 6.00. The summed E-state index contributed by atoms with van der Waals surface area (Å²) in [4.78, 5) is 12.1. The van der Waals surface area contributed by atoms with Gasteiger partial charge in [0.15, 0.2) is 11.5 Å². The van der Waals surface area contributed by atoms with E-state index in [-0.39, 0.29) is 0 Å². The fourth-order valence-electron chi connectivity index (χ4n) is 2.25. The van der Waals surface area contributed by atoms with Crippen molar-refractivity contribution in [2.45, 2.75) is 12.5 Å². The Hall–Kier alpha value is -2.53. The molecule has 0 bridgehead atoms. The predicted molar refractivity (Wildman–Crippen MR) is 87.6 cm³/mol. The third-order valence-electron chi connectivity index (χ3n) is 3.42. The zero-order chi connectivity index (χ0) is 16.7. The van der Waals surface area contributed by atoms with Crippen LogP contribution in [0.3, 0.4) is 0 Å². The lowest BCUT2D eigenvalue weighted by Gasteiger charge is -2.19. The Morgan fingerprint density at radius 1 is 1.09 bits per heavy atom. The molecule has 0 saturated carbocycles. The van der Waals surface area contributed by atoms with Crippen LogP contribution in [0.15, 0.2) is 48.5 Å². The first kappa shape index (κ1) is 16.8. The average Bonchev–Trinajstić information content (AvgIpc) is 2.60. The monoisotopic (exact) mass is 315 g/mol. The van der Waals surface area contributed by atoms with Crippen LogP contribution in [0, 0.1) is 0 Å². The molecule has 0 aliphatic heterocycles. The Balaban J connectivity index is 2.35. The fourth-order valence-corrected chi connectivity index (χ4v) is 2.25. The molecule has 122 valence electrons. The summed E-state index contributed by atoms with van der Waals surface area (Å²) in [5.41, 5.74) is 7.32. The smallest absolute Gasteiger partial charge is 0.351 e. The minimum absolute atomic E-state index is 0.470. The summed E-state index contributed by atoms with van der Waals surface area (Å²) < 4.78 is 16.1. The van der Waals surface area contributed by atoms with Crippen molar-refractivity contribution in [1.29, 1.82) is 0 Å². The van der Waals surface area contributed by atoms with E-state index >= 15 is 0 Å². The second-order valence-corrected chi connectivity index (χ2v) is 4.96. The summed E-state index contributed by atoms with van der Waals surface area (Å²) >= 11 is 0. The molecule has 0 aliphatic rings. The number of nitrogens with two attached hydrogens (primary N) is 1. The number of benzene rings is 2. The van der Waals surface area contributed by atoms with Gasteiger partial charge in [-0.25, -0.2) is 4.79 Å². The van der Waals surface area contributed by atoms with Crippen LogP contribution in [0.25, 0.3) is 0 Å². The normalized spacial score (nSPS) is 11.6. The minimum Gasteiger partial charge on any atom is -0.493 e. The van der Waals surface area contributed by atoms with Crippen molar-refractivity contribution in [1.82, 2.24) is 0 Å². The molecule has 0 amide bonds. The lowest BCUT2D eigenvalue weighted by Crippen LogP contribution is -2.20. The highest BCUT2D eigenvalue weighted by Gasteiger charge is 2.24. The molecule has 5 heteroatoms. The molecule has 0 radical (unpaired) electrons. The number of hydrogen-bond donors (Lipinski definition) is 1. The van der Waals surface area contributed by atoms with Crippen molar-refractivity contribution in [2.75, 3.05) is 20.8 Å². The quantitative estimate of drug-likeness (QED) is 0.795. The van der Waals surface area contributed by atoms with Gasteiger partial charge in [0.2, 0.25) is 6.10 Å². The molecular formula is C18H21NO4. The van der Waals surface area contributed by atoms with E-state index in [9.17, 15) is 4.79 Å². The number of esters is 1. The fraction of sp³-hybridized carbons (Fsp3) is 0.278. The van der Waals surface area contributed by atoms with Crippen LogP contribution >= 0.6 is 0 Å². The van der Waals surface area contributed by atoms with Crippen molar-refractivity contribution in [3.05, 3.63) is 59.7 Å². The van der Waals surface area contributed by atoms with Crippen molar-refractivity contribution < 1.29 is 19.0 Å². The average molecular weight is 315 g/mol. The molecule has 0 saturated heterocycles. The lowest BCUT2D eigenvalue weighted by molar-refractivity contribution is -0.149. The molecule has 0 heterocycles. The molecule has 2 aromatic carbocycles. The Bertz CT molecular complexity index is 643. The Labute approximate surface area is 136 Å². The van der Waals surface area contributed by atoms with Gasteiger partial charge in [0.1, 0.15) is 0 Å². The van der Waals surface area contributed by atoms with Crippen LogP contribution in [0.5, 0.6) is 11.5 Å². The van der Waals surface area contributed by atoms with Gasteiger partial charge >= 0.3 is 5.97 Å². The Morgan fingerprint density at radius 2 is 1.83 bits per heavy atom. The first-order chi connectivity index (χ1) is 11.2. The number of methoxy groups -OCH3 is 2. The first-order valence-electron chi connectivity index (χ1n) is 7.36. The molecule has 0 fully saturated rings. The molecule has 2 rings (SSSR count). The molecule has 0 aromatic heterocycles. The van der Waals surface area contributed by atoms with Gasteiger partial charge in [0, 0.05) is 5.56 Å². The minimum atomic E-state index is -0.858. The summed E-state index contributed by atoms with van der Waals surface area (Å²) in [5.74, 6) is 0.566. The standard InChI is InChI=1S/C18H21NO4/c1-21-15-9-8-13(10-11-19)12-16(15)23-17(18(20)22-2)14-6-4-3-5-7-14/h3-9,12,17H,10-11,19H2,1-2H3. The maximum absolute atomic E-state index is 12.1. The maximum Gasteiger partial charge on any atom is 0.351 e. The highest BCUT2D eigenvalue weighted by atomic mass is 16.6. The number of hydrogen-bond acceptors (Lipinski definition) is 5. The number of rotatable bonds is 7. The van der Waals surface area contributed by atoms with E-state index in [1.165, 1.54) is 7.11 Å². The van der Waals surface area contributed by atoms with E-state index in [0.717, 1.165) is 5.56 Å². The first-order valence-corrected chi connectivity index (χ1v) is 7.36. The van der Waals surface area contributed by atoms with Crippen LogP contribution in [0.4, 0.5) is 0 Å². The van der Waals surface area contributed by atoms with Gasteiger partial charge in [-0.3, -0.25) is 0 Å². The summed E-state index contributed by atoms with van der Waals surface area (Å²) in [5, 5.41) is 0. The van der Waals surface area contributed by atoms with Gasteiger partial charge in [0.05, 0.1) is 14.2 Å². The highest BCUT2D eigenvalue weighted by Crippen LogP contribution is 2.32. The summed E-state index contributed by atoms with van der Waals surface area (Å²) in [7, 11) is 2.89. The molecule has 0 spiro atoms. The largest absolute Gasteiger partial charge is 0.493 e. The predicted octanol–water partition coefficient (Wildman–Crippen LogP) is 2.49. The molecule has 1 atom stereocenters. The highest BCUT2D eigenvalue weighted by molar-refractivity contribution is 5.77.